The summed E-state index contributed by atoms with van der Waals surface area (Å²) >= 11 is 0. The van der Waals surface area contributed by atoms with Crippen molar-refractivity contribution in [2.24, 2.45) is 0 Å². The zero-order chi connectivity index (χ0) is 13.9. The van der Waals surface area contributed by atoms with Crippen LogP contribution in [0, 0.1) is 0 Å². The lowest BCUT2D eigenvalue weighted by Crippen LogP contribution is -2.28. The first kappa shape index (κ1) is 14.2. The molecule has 1 aliphatic rings. The van der Waals surface area contributed by atoms with Gasteiger partial charge in [-0.2, -0.15) is 0 Å². The van der Waals surface area contributed by atoms with Crippen molar-refractivity contribution in [3.8, 4) is 11.5 Å². The third-order valence-corrected chi connectivity index (χ3v) is 3.60. The molecule has 106 valence electrons. The number of hydrogen-bond acceptors (Lipinski definition) is 3. The fraction of sp³-hybridized carbons (Fsp3) is 0.625. The third kappa shape index (κ3) is 3.63. The molecule has 3 nitrogen and oxygen atoms in total. The van der Waals surface area contributed by atoms with Crippen molar-refractivity contribution in [3.63, 3.8) is 0 Å². The molecule has 1 atom stereocenters. The average Bonchev–Trinajstić information content (AvgIpc) is 2.88. The molecule has 1 unspecified atom stereocenters. The van der Waals surface area contributed by atoms with Crippen LogP contribution in [0.2, 0.25) is 0 Å². The molecule has 2 rings (SSSR count). The van der Waals surface area contributed by atoms with E-state index in [4.69, 9.17) is 9.47 Å². The largest absolute Gasteiger partial charge is 0.497 e. The van der Waals surface area contributed by atoms with Crippen molar-refractivity contribution in [1.29, 1.82) is 0 Å². The molecule has 19 heavy (non-hydrogen) atoms. The summed E-state index contributed by atoms with van der Waals surface area (Å²) in [6.07, 6.45) is 2.46. The minimum Gasteiger partial charge on any atom is -0.497 e. The van der Waals surface area contributed by atoms with Gasteiger partial charge in [0.05, 0.1) is 7.11 Å². The second-order valence-electron chi connectivity index (χ2n) is 6.22. The molecular formula is C16H25NO2. The van der Waals surface area contributed by atoms with E-state index in [0.717, 1.165) is 24.7 Å². The summed E-state index contributed by atoms with van der Waals surface area (Å²) in [5.41, 5.74) is 1.25. The van der Waals surface area contributed by atoms with Gasteiger partial charge in [0.15, 0.2) is 0 Å². The summed E-state index contributed by atoms with van der Waals surface area (Å²) in [4.78, 5) is 0. The maximum absolute atomic E-state index is 6.03. The zero-order valence-corrected chi connectivity index (χ0v) is 12.5. The van der Waals surface area contributed by atoms with Gasteiger partial charge in [0.25, 0.3) is 0 Å². The Balaban J connectivity index is 2.13. The molecule has 1 saturated heterocycles. The highest BCUT2D eigenvalue weighted by atomic mass is 16.5. The predicted octanol–water partition coefficient (Wildman–Crippen LogP) is 3.12. The molecule has 1 fully saturated rings. The number of methoxy groups -OCH3 is 1. The molecule has 0 bridgehead atoms. The Morgan fingerprint density at radius 3 is 2.68 bits per heavy atom. The van der Waals surface area contributed by atoms with Crippen molar-refractivity contribution in [3.05, 3.63) is 23.8 Å². The van der Waals surface area contributed by atoms with Crippen molar-refractivity contribution < 1.29 is 9.47 Å². The van der Waals surface area contributed by atoms with Crippen molar-refractivity contribution in [1.82, 2.24) is 5.32 Å². The first-order valence-corrected chi connectivity index (χ1v) is 7.05. The van der Waals surface area contributed by atoms with Crippen LogP contribution in [-0.2, 0) is 5.41 Å². The Hall–Kier alpha value is -1.22. The van der Waals surface area contributed by atoms with Crippen LogP contribution in [0.3, 0.4) is 0 Å². The van der Waals surface area contributed by atoms with E-state index in [9.17, 15) is 0 Å². The maximum Gasteiger partial charge on any atom is 0.123 e. The first-order chi connectivity index (χ1) is 9.00. The second-order valence-corrected chi connectivity index (χ2v) is 6.22. The SMILES string of the molecule is COc1ccc(OCC2CCCN2)c(C(C)(C)C)c1. The summed E-state index contributed by atoms with van der Waals surface area (Å²) < 4.78 is 11.3. The minimum atomic E-state index is 0.0486. The van der Waals surface area contributed by atoms with Crippen LogP contribution in [0.25, 0.3) is 0 Å². The van der Waals surface area contributed by atoms with Gasteiger partial charge in [-0.05, 0) is 43.0 Å². The molecule has 3 heteroatoms. The van der Waals surface area contributed by atoms with E-state index in [2.05, 4.69) is 32.2 Å². The van der Waals surface area contributed by atoms with Crippen LogP contribution in [-0.4, -0.2) is 26.3 Å². The smallest absolute Gasteiger partial charge is 0.123 e. The minimum absolute atomic E-state index is 0.0486. The standard InChI is InChI=1S/C16H25NO2/c1-16(2,3)14-10-13(18-4)7-8-15(14)19-11-12-6-5-9-17-12/h7-8,10,12,17H,5-6,9,11H2,1-4H3. The fourth-order valence-corrected chi connectivity index (χ4v) is 2.44. The van der Waals surface area contributed by atoms with E-state index in [1.807, 2.05) is 12.1 Å². The normalized spacial score (nSPS) is 19.5. The highest BCUT2D eigenvalue weighted by Gasteiger charge is 2.21. The molecule has 1 N–H and O–H groups in total. The quantitative estimate of drug-likeness (QED) is 0.905. The Labute approximate surface area is 116 Å². The van der Waals surface area contributed by atoms with E-state index < -0.39 is 0 Å². The van der Waals surface area contributed by atoms with Gasteiger partial charge in [0.2, 0.25) is 0 Å². The summed E-state index contributed by atoms with van der Waals surface area (Å²) in [7, 11) is 1.70. The van der Waals surface area contributed by atoms with Crippen molar-refractivity contribution in [2.45, 2.75) is 45.1 Å². The molecule has 0 aliphatic carbocycles. The van der Waals surface area contributed by atoms with Crippen LogP contribution in [0.15, 0.2) is 18.2 Å². The fourth-order valence-electron chi connectivity index (χ4n) is 2.44. The molecular weight excluding hydrogens is 238 g/mol. The summed E-state index contributed by atoms with van der Waals surface area (Å²) in [5, 5.41) is 3.46. The van der Waals surface area contributed by atoms with E-state index >= 15 is 0 Å². The highest BCUT2D eigenvalue weighted by molar-refractivity contribution is 5.44. The van der Waals surface area contributed by atoms with Gasteiger partial charge in [-0.1, -0.05) is 20.8 Å². The average molecular weight is 263 g/mol. The lowest BCUT2D eigenvalue weighted by atomic mass is 9.86. The van der Waals surface area contributed by atoms with Crippen molar-refractivity contribution in [2.75, 3.05) is 20.3 Å². The van der Waals surface area contributed by atoms with Gasteiger partial charge in [-0.15, -0.1) is 0 Å². The van der Waals surface area contributed by atoms with Gasteiger partial charge in [-0.25, -0.2) is 0 Å². The Kier molecular flexibility index (Phi) is 4.35. The first-order valence-electron chi connectivity index (χ1n) is 7.05. The Bertz CT molecular complexity index is 417. The molecule has 0 spiro atoms. The molecule has 0 saturated carbocycles. The van der Waals surface area contributed by atoms with E-state index in [1.165, 1.54) is 18.4 Å². The van der Waals surface area contributed by atoms with Gasteiger partial charge < -0.3 is 14.8 Å². The molecule has 1 aromatic rings. The van der Waals surface area contributed by atoms with E-state index in [-0.39, 0.29) is 5.41 Å². The van der Waals surface area contributed by atoms with Gasteiger partial charge in [-0.3, -0.25) is 0 Å². The third-order valence-electron chi connectivity index (χ3n) is 3.60. The number of benzene rings is 1. The number of ether oxygens (including phenoxy) is 2. The van der Waals surface area contributed by atoms with E-state index in [0.29, 0.717) is 6.04 Å². The summed E-state index contributed by atoms with van der Waals surface area (Å²) in [6.45, 7) is 8.45. The molecule has 0 amide bonds. The van der Waals surface area contributed by atoms with Crippen LogP contribution in [0.1, 0.15) is 39.2 Å². The maximum atomic E-state index is 6.03. The monoisotopic (exact) mass is 263 g/mol. The van der Waals surface area contributed by atoms with Gasteiger partial charge in [0.1, 0.15) is 18.1 Å². The van der Waals surface area contributed by atoms with Gasteiger partial charge in [0, 0.05) is 11.6 Å². The lowest BCUT2D eigenvalue weighted by molar-refractivity contribution is 0.270. The molecule has 1 aliphatic heterocycles. The molecule has 1 heterocycles. The van der Waals surface area contributed by atoms with Crippen LogP contribution in [0.4, 0.5) is 0 Å². The Morgan fingerprint density at radius 2 is 2.11 bits per heavy atom. The number of rotatable bonds is 4. The lowest BCUT2D eigenvalue weighted by Gasteiger charge is -2.24. The van der Waals surface area contributed by atoms with Crippen molar-refractivity contribution >= 4 is 0 Å². The summed E-state index contributed by atoms with van der Waals surface area (Å²) in [5.74, 6) is 1.86. The molecule has 1 aromatic carbocycles. The van der Waals surface area contributed by atoms with Gasteiger partial charge >= 0.3 is 0 Å². The zero-order valence-electron chi connectivity index (χ0n) is 12.5. The predicted molar refractivity (Wildman–Crippen MR) is 78.2 cm³/mol. The highest BCUT2D eigenvalue weighted by Crippen LogP contribution is 2.34. The molecule has 0 radical (unpaired) electrons. The van der Waals surface area contributed by atoms with E-state index in [1.54, 1.807) is 7.11 Å². The Morgan fingerprint density at radius 1 is 1.32 bits per heavy atom. The summed E-state index contributed by atoms with van der Waals surface area (Å²) in [6, 6.07) is 6.56. The number of hydrogen-bond donors (Lipinski definition) is 1. The second kappa shape index (κ2) is 5.83. The van der Waals surface area contributed by atoms with Crippen LogP contribution in [0.5, 0.6) is 11.5 Å². The van der Waals surface area contributed by atoms with Crippen LogP contribution >= 0.6 is 0 Å². The topological polar surface area (TPSA) is 30.5 Å². The molecule has 0 aromatic heterocycles. The van der Waals surface area contributed by atoms with Crippen LogP contribution < -0.4 is 14.8 Å². The number of nitrogens with one attached hydrogen (secondary N) is 1.